The standard InChI is InChI=1S/C12H22O5/c1-4-5-6-14-11-9(13)10-8(7-15-11)16-12(2,3)17-10/h8-11,13H,4-7H2,1-3H3/t8-,9+,10-,11-/m1/s1. The van der Waals surface area contributed by atoms with Crippen molar-refractivity contribution in [3.8, 4) is 0 Å². The first kappa shape index (κ1) is 13.2. The molecule has 0 bridgehead atoms. The Morgan fingerprint density at radius 2 is 2.12 bits per heavy atom. The molecule has 0 aromatic heterocycles. The van der Waals surface area contributed by atoms with Crippen molar-refractivity contribution >= 4 is 0 Å². The van der Waals surface area contributed by atoms with Crippen molar-refractivity contribution in [2.45, 2.75) is 64.0 Å². The summed E-state index contributed by atoms with van der Waals surface area (Å²) in [7, 11) is 0. The normalized spacial score (nSPS) is 40.2. The summed E-state index contributed by atoms with van der Waals surface area (Å²) in [4.78, 5) is 0. The van der Waals surface area contributed by atoms with Crippen LogP contribution < -0.4 is 0 Å². The molecule has 2 saturated heterocycles. The van der Waals surface area contributed by atoms with Gasteiger partial charge in [-0.15, -0.1) is 0 Å². The minimum Gasteiger partial charge on any atom is -0.385 e. The molecule has 0 aliphatic carbocycles. The minimum atomic E-state index is -0.785. The second-order valence-corrected chi connectivity index (χ2v) is 5.06. The van der Waals surface area contributed by atoms with Crippen molar-refractivity contribution in [1.29, 1.82) is 0 Å². The van der Waals surface area contributed by atoms with Gasteiger partial charge in [0, 0.05) is 6.61 Å². The molecule has 2 fully saturated rings. The lowest BCUT2D eigenvalue weighted by Crippen LogP contribution is -2.52. The van der Waals surface area contributed by atoms with Crippen LogP contribution in [0.2, 0.25) is 0 Å². The predicted octanol–water partition coefficient (Wildman–Crippen LogP) is 1.04. The van der Waals surface area contributed by atoms with E-state index in [4.69, 9.17) is 18.9 Å². The van der Waals surface area contributed by atoms with E-state index in [1.54, 1.807) is 0 Å². The zero-order chi connectivity index (χ0) is 12.5. The predicted molar refractivity (Wildman–Crippen MR) is 60.4 cm³/mol. The SMILES string of the molecule is CCCCO[C@@H]1OC[C@H]2OC(C)(C)O[C@H]2[C@@H]1O. The third kappa shape index (κ3) is 2.98. The summed E-state index contributed by atoms with van der Waals surface area (Å²) in [5.41, 5.74) is 0. The van der Waals surface area contributed by atoms with Gasteiger partial charge >= 0.3 is 0 Å². The quantitative estimate of drug-likeness (QED) is 0.751. The van der Waals surface area contributed by atoms with Crippen molar-refractivity contribution in [2.75, 3.05) is 13.2 Å². The number of hydrogen-bond acceptors (Lipinski definition) is 5. The fourth-order valence-corrected chi connectivity index (χ4v) is 2.22. The number of hydrogen-bond donors (Lipinski definition) is 1. The fraction of sp³-hybridized carbons (Fsp3) is 1.00. The fourth-order valence-electron chi connectivity index (χ4n) is 2.22. The largest absolute Gasteiger partial charge is 0.385 e. The molecule has 17 heavy (non-hydrogen) atoms. The molecule has 0 radical (unpaired) electrons. The van der Waals surface area contributed by atoms with Crippen LogP contribution in [0.3, 0.4) is 0 Å². The summed E-state index contributed by atoms with van der Waals surface area (Å²) in [6, 6.07) is 0. The van der Waals surface area contributed by atoms with Gasteiger partial charge in [-0.1, -0.05) is 13.3 Å². The third-order valence-corrected chi connectivity index (χ3v) is 3.04. The Labute approximate surface area is 102 Å². The van der Waals surface area contributed by atoms with Gasteiger partial charge in [-0.25, -0.2) is 0 Å². The molecule has 2 heterocycles. The number of unbranched alkanes of at least 4 members (excludes halogenated alkanes) is 1. The molecule has 2 rings (SSSR count). The average Bonchev–Trinajstić information content (AvgIpc) is 2.58. The van der Waals surface area contributed by atoms with Crippen molar-refractivity contribution in [3.05, 3.63) is 0 Å². The highest BCUT2D eigenvalue weighted by Crippen LogP contribution is 2.34. The van der Waals surface area contributed by atoms with E-state index in [1.807, 2.05) is 13.8 Å². The Bertz CT molecular complexity index is 255. The Morgan fingerprint density at radius 3 is 2.82 bits per heavy atom. The highest BCUT2D eigenvalue weighted by Gasteiger charge is 2.50. The van der Waals surface area contributed by atoms with E-state index in [0.29, 0.717) is 13.2 Å². The molecule has 2 aliphatic heterocycles. The minimum absolute atomic E-state index is 0.203. The molecule has 0 spiro atoms. The second kappa shape index (κ2) is 5.20. The van der Waals surface area contributed by atoms with E-state index in [9.17, 15) is 5.11 Å². The van der Waals surface area contributed by atoms with Gasteiger partial charge in [0.2, 0.25) is 0 Å². The van der Waals surface area contributed by atoms with Gasteiger partial charge in [0.1, 0.15) is 18.3 Å². The topological polar surface area (TPSA) is 57.2 Å². The van der Waals surface area contributed by atoms with E-state index in [-0.39, 0.29) is 12.2 Å². The van der Waals surface area contributed by atoms with Gasteiger partial charge in [-0.2, -0.15) is 0 Å². The van der Waals surface area contributed by atoms with Crippen LogP contribution in [-0.2, 0) is 18.9 Å². The lowest BCUT2D eigenvalue weighted by atomic mass is 10.1. The van der Waals surface area contributed by atoms with E-state index in [1.165, 1.54) is 0 Å². The molecular formula is C12H22O5. The van der Waals surface area contributed by atoms with Crippen molar-refractivity contribution in [2.24, 2.45) is 0 Å². The van der Waals surface area contributed by atoms with Crippen molar-refractivity contribution < 1.29 is 24.1 Å². The molecule has 5 nitrogen and oxygen atoms in total. The van der Waals surface area contributed by atoms with E-state index in [2.05, 4.69) is 6.92 Å². The van der Waals surface area contributed by atoms with Gasteiger partial charge in [-0.05, 0) is 20.3 Å². The van der Waals surface area contributed by atoms with Crippen LogP contribution in [0.4, 0.5) is 0 Å². The van der Waals surface area contributed by atoms with Crippen LogP contribution in [-0.4, -0.2) is 48.7 Å². The van der Waals surface area contributed by atoms with Crippen molar-refractivity contribution in [3.63, 3.8) is 0 Å². The van der Waals surface area contributed by atoms with Gasteiger partial charge in [0.15, 0.2) is 12.1 Å². The lowest BCUT2D eigenvalue weighted by molar-refractivity contribution is -0.251. The first-order valence-corrected chi connectivity index (χ1v) is 6.30. The first-order valence-electron chi connectivity index (χ1n) is 6.30. The van der Waals surface area contributed by atoms with Crippen LogP contribution in [0.1, 0.15) is 33.6 Å². The number of ether oxygens (including phenoxy) is 4. The number of rotatable bonds is 4. The monoisotopic (exact) mass is 246 g/mol. The smallest absolute Gasteiger partial charge is 0.186 e. The molecule has 4 atom stereocenters. The van der Waals surface area contributed by atoms with Gasteiger partial charge in [0.25, 0.3) is 0 Å². The summed E-state index contributed by atoms with van der Waals surface area (Å²) in [5.74, 6) is -0.655. The van der Waals surface area contributed by atoms with Crippen LogP contribution >= 0.6 is 0 Å². The summed E-state index contributed by atoms with van der Waals surface area (Å²) in [6.07, 6.45) is 0.0782. The number of aliphatic hydroxyl groups excluding tert-OH is 1. The third-order valence-electron chi connectivity index (χ3n) is 3.04. The van der Waals surface area contributed by atoms with Gasteiger partial charge in [0.05, 0.1) is 6.61 Å². The van der Waals surface area contributed by atoms with Crippen LogP contribution in [0.25, 0.3) is 0 Å². The molecule has 0 amide bonds. The molecule has 1 N–H and O–H groups in total. The van der Waals surface area contributed by atoms with E-state index >= 15 is 0 Å². The Kier molecular flexibility index (Phi) is 4.05. The van der Waals surface area contributed by atoms with E-state index in [0.717, 1.165) is 12.8 Å². The molecule has 5 heteroatoms. The molecule has 0 saturated carbocycles. The molecule has 0 unspecified atom stereocenters. The van der Waals surface area contributed by atoms with Gasteiger partial charge < -0.3 is 24.1 Å². The maximum absolute atomic E-state index is 10.1. The van der Waals surface area contributed by atoms with E-state index < -0.39 is 18.2 Å². The Balaban J connectivity index is 1.89. The van der Waals surface area contributed by atoms with Crippen LogP contribution in [0, 0.1) is 0 Å². The highest BCUT2D eigenvalue weighted by molar-refractivity contribution is 4.91. The highest BCUT2D eigenvalue weighted by atomic mass is 16.8. The first-order chi connectivity index (χ1) is 8.03. The number of aliphatic hydroxyl groups is 1. The second-order valence-electron chi connectivity index (χ2n) is 5.06. The van der Waals surface area contributed by atoms with Crippen LogP contribution in [0.5, 0.6) is 0 Å². The summed E-state index contributed by atoms with van der Waals surface area (Å²) in [6.45, 7) is 6.77. The lowest BCUT2D eigenvalue weighted by Gasteiger charge is -2.34. The molecule has 2 aliphatic rings. The average molecular weight is 246 g/mol. The maximum atomic E-state index is 10.1. The Morgan fingerprint density at radius 1 is 1.35 bits per heavy atom. The zero-order valence-electron chi connectivity index (χ0n) is 10.7. The molecular weight excluding hydrogens is 224 g/mol. The maximum Gasteiger partial charge on any atom is 0.186 e. The van der Waals surface area contributed by atoms with Crippen molar-refractivity contribution in [1.82, 2.24) is 0 Å². The van der Waals surface area contributed by atoms with Gasteiger partial charge in [-0.3, -0.25) is 0 Å². The zero-order valence-corrected chi connectivity index (χ0v) is 10.7. The molecule has 0 aromatic carbocycles. The summed E-state index contributed by atoms with van der Waals surface area (Å²) < 4.78 is 22.3. The number of fused-ring (bicyclic) bond motifs is 1. The molecule has 100 valence electrons. The Hall–Kier alpha value is -0.200. The van der Waals surface area contributed by atoms with Crippen LogP contribution in [0.15, 0.2) is 0 Å². The summed E-state index contributed by atoms with van der Waals surface area (Å²) >= 11 is 0. The molecule has 0 aromatic rings. The summed E-state index contributed by atoms with van der Waals surface area (Å²) in [5, 5.41) is 10.1.